The summed E-state index contributed by atoms with van der Waals surface area (Å²) in [6.45, 7) is 6.53. The zero-order valence-electron chi connectivity index (χ0n) is 9.81. The van der Waals surface area contributed by atoms with Crippen molar-refractivity contribution >= 4 is 28.6 Å². The zero-order chi connectivity index (χ0) is 12.0. The van der Waals surface area contributed by atoms with Gasteiger partial charge < -0.3 is 9.88 Å². The third-order valence-corrected chi connectivity index (χ3v) is 3.70. The predicted octanol–water partition coefficient (Wildman–Crippen LogP) is 2.10. The van der Waals surface area contributed by atoms with Crippen molar-refractivity contribution in [3.8, 4) is 0 Å². The predicted molar refractivity (Wildman–Crippen MR) is 67.2 cm³/mol. The van der Waals surface area contributed by atoms with Crippen LogP contribution in [-0.4, -0.2) is 33.0 Å². The highest BCUT2D eigenvalue weighted by atomic mass is 35.5. The highest BCUT2D eigenvalue weighted by molar-refractivity contribution is 6.28. The average molecular weight is 252 g/mol. The van der Waals surface area contributed by atoms with Crippen LogP contribution in [-0.2, 0) is 0 Å². The fourth-order valence-electron chi connectivity index (χ4n) is 2.32. The Hall–Kier alpha value is -1.36. The Morgan fingerprint density at radius 1 is 1.29 bits per heavy atom. The van der Waals surface area contributed by atoms with Gasteiger partial charge in [0, 0.05) is 13.1 Å². The number of fused-ring (bicyclic) bond motifs is 1. The largest absolute Gasteiger partial charge is 0.354 e. The third-order valence-electron chi connectivity index (χ3n) is 3.53. The van der Waals surface area contributed by atoms with Gasteiger partial charge in [-0.05, 0) is 23.4 Å². The first kappa shape index (κ1) is 10.8. The number of anilines is 1. The van der Waals surface area contributed by atoms with E-state index in [9.17, 15) is 0 Å². The Morgan fingerprint density at radius 3 is 2.71 bits per heavy atom. The van der Waals surface area contributed by atoms with E-state index in [4.69, 9.17) is 11.6 Å². The molecule has 2 aromatic rings. The maximum absolute atomic E-state index is 5.93. The van der Waals surface area contributed by atoms with Gasteiger partial charge in [0.25, 0.3) is 0 Å². The number of nitrogens with zero attached hydrogens (tertiary/aromatic N) is 4. The Labute approximate surface area is 104 Å². The lowest BCUT2D eigenvalue weighted by atomic mass is 10.0. The summed E-state index contributed by atoms with van der Waals surface area (Å²) in [5.41, 5.74) is 1.50. The van der Waals surface area contributed by atoms with Crippen LogP contribution in [0.15, 0.2) is 6.33 Å². The minimum atomic E-state index is 0.256. The van der Waals surface area contributed by atoms with Crippen LogP contribution >= 0.6 is 11.6 Å². The minimum absolute atomic E-state index is 0.256. The number of aromatic nitrogens is 4. The fourth-order valence-corrected chi connectivity index (χ4v) is 2.48. The Morgan fingerprint density at radius 2 is 2.00 bits per heavy atom. The molecule has 1 aliphatic heterocycles. The molecule has 0 bridgehead atoms. The highest BCUT2D eigenvalue weighted by Crippen LogP contribution is 2.30. The van der Waals surface area contributed by atoms with E-state index in [1.807, 2.05) is 0 Å². The van der Waals surface area contributed by atoms with Gasteiger partial charge in [-0.25, -0.2) is 4.98 Å². The maximum Gasteiger partial charge on any atom is 0.226 e. The lowest BCUT2D eigenvalue weighted by molar-refractivity contribution is 0.494. The summed E-state index contributed by atoms with van der Waals surface area (Å²) in [4.78, 5) is 17.9. The molecular formula is C11H14ClN5. The molecule has 0 saturated carbocycles. The summed E-state index contributed by atoms with van der Waals surface area (Å²) in [5.74, 6) is 2.21. The molecule has 2 unspecified atom stereocenters. The van der Waals surface area contributed by atoms with Crippen LogP contribution in [0.2, 0.25) is 5.28 Å². The van der Waals surface area contributed by atoms with Crippen molar-refractivity contribution in [3.63, 3.8) is 0 Å². The van der Waals surface area contributed by atoms with Crippen molar-refractivity contribution in [3.05, 3.63) is 11.6 Å². The van der Waals surface area contributed by atoms with Crippen molar-refractivity contribution in [1.82, 2.24) is 19.9 Å². The first-order valence-electron chi connectivity index (χ1n) is 5.76. The molecule has 0 radical (unpaired) electrons. The van der Waals surface area contributed by atoms with Crippen molar-refractivity contribution in [1.29, 1.82) is 0 Å². The number of hydrogen-bond acceptors (Lipinski definition) is 4. The number of halogens is 1. The van der Waals surface area contributed by atoms with E-state index in [-0.39, 0.29) is 5.28 Å². The maximum atomic E-state index is 5.93. The van der Waals surface area contributed by atoms with Crippen LogP contribution in [0.4, 0.5) is 5.82 Å². The fraction of sp³-hybridized carbons (Fsp3) is 0.545. The Bertz CT molecular complexity index is 542. The summed E-state index contributed by atoms with van der Waals surface area (Å²) >= 11 is 5.93. The SMILES string of the molecule is CC1CN(c2nc(Cl)nc3nc[nH]c23)CC1C. The second-order valence-electron chi connectivity index (χ2n) is 4.78. The molecule has 0 aromatic carbocycles. The molecular weight excluding hydrogens is 238 g/mol. The summed E-state index contributed by atoms with van der Waals surface area (Å²) in [6, 6.07) is 0. The van der Waals surface area contributed by atoms with Gasteiger partial charge in [0.2, 0.25) is 5.28 Å². The molecule has 3 heterocycles. The van der Waals surface area contributed by atoms with Gasteiger partial charge in [-0.15, -0.1) is 0 Å². The molecule has 17 heavy (non-hydrogen) atoms. The van der Waals surface area contributed by atoms with Gasteiger partial charge in [-0.2, -0.15) is 9.97 Å². The van der Waals surface area contributed by atoms with Crippen LogP contribution in [0.1, 0.15) is 13.8 Å². The molecule has 5 nitrogen and oxygen atoms in total. The standard InChI is InChI=1S/C11H14ClN5/c1-6-3-17(4-7(6)2)10-8-9(14-5-13-8)15-11(12)16-10/h5-7H,3-4H2,1-2H3,(H,13,14,15,16). The number of imidazole rings is 1. The smallest absolute Gasteiger partial charge is 0.226 e. The van der Waals surface area contributed by atoms with Crippen LogP contribution in [0.5, 0.6) is 0 Å². The molecule has 0 amide bonds. The number of aromatic amines is 1. The van der Waals surface area contributed by atoms with Gasteiger partial charge in [0.1, 0.15) is 5.52 Å². The number of rotatable bonds is 1. The van der Waals surface area contributed by atoms with E-state index >= 15 is 0 Å². The lowest BCUT2D eigenvalue weighted by Crippen LogP contribution is -2.21. The Kier molecular flexibility index (Phi) is 2.43. The van der Waals surface area contributed by atoms with Crippen LogP contribution in [0.3, 0.4) is 0 Å². The van der Waals surface area contributed by atoms with Crippen LogP contribution in [0.25, 0.3) is 11.2 Å². The molecule has 0 spiro atoms. The third kappa shape index (κ3) is 1.74. The molecule has 2 atom stereocenters. The molecule has 1 saturated heterocycles. The molecule has 1 fully saturated rings. The normalized spacial score (nSPS) is 24.8. The van der Waals surface area contributed by atoms with E-state index < -0.39 is 0 Å². The molecule has 3 rings (SSSR count). The van der Waals surface area contributed by atoms with Crippen LogP contribution < -0.4 is 4.90 Å². The molecule has 2 aromatic heterocycles. The second-order valence-corrected chi connectivity index (χ2v) is 5.12. The van der Waals surface area contributed by atoms with E-state index in [2.05, 4.69) is 38.7 Å². The molecule has 1 N–H and O–H groups in total. The van der Waals surface area contributed by atoms with Gasteiger partial charge in [-0.1, -0.05) is 13.8 Å². The summed E-state index contributed by atoms with van der Waals surface area (Å²) in [6.07, 6.45) is 1.63. The number of nitrogens with one attached hydrogen (secondary N) is 1. The van der Waals surface area contributed by atoms with Crippen molar-refractivity contribution in [2.45, 2.75) is 13.8 Å². The summed E-state index contributed by atoms with van der Waals surface area (Å²) in [5, 5.41) is 0.256. The van der Waals surface area contributed by atoms with E-state index in [1.54, 1.807) is 6.33 Å². The van der Waals surface area contributed by atoms with Crippen LogP contribution in [0, 0.1) is 11.8 Å². The molecule has 90 valence electrons. The summed E-state index contributed by atoms with van der Waals surface area (Å²) < 4.78 is 0. The monoisotopic (exact) mass is 251 g/mol. The molecule has 6 heteroatoms. The highest BCUT2D eigenvalue weighted by Gasteiger charge is 2.28. The second kappa shape index (κ2) is 3.84. The average Bonchev–Trinajstić information content (AvgIpc) is 2.85. The van der Waals surface area contributed by atoms with Gasteiger partial charge in [-0.3, -0.25) is 0 Å². The van der Waals surface area contributed by atoms with Gasteiger partial charge >= 0.3 is 0 Å². The first-order valence-corrected chi connectivity index (χ1v) is 6.14. The Balaban J connectivity index is 2.08. The van der Waals surface area contributed by atoms with E-state index in [1.165, 1.54) is 0 Å². The zero-order valence-corrected chi connectivity index (χ0v) is 10.6. The van der Waals surface area contributed by atoms with Gasteiger partial charge in [0.05, 0.1) is 6.33 Å². The summed E-state index contributed by atoms with van der Waals surface area (Å²) in [7, 11) is 0. The number of H-pyrrole nitrogens is 1. The molecule has 0 aliphatic carbocycles. The quantitative estimate of drug-likeness (QED) is 0.789. The number of hydrogen-bond donors (Lipinski definition) is 1. The van der Waals surface area contributed by atoms with Crippen molar-refractivity contribution in [2.24, 2.45) is 11.8 Å². The van der Waals surface area contributed by atoms with Crippen molar-refractivity contribution in [2.75, 3.05) is 18.0 Å². The lowest BCUT2D eigenvalue weighted by Gasteiger charge is -2.17. The van der Waals surface area contributed by atoms with E-state index in [0.717, 1.165) is 24.4 Å². The van der Waals surface area contributed by atoms with Crippen molar-refractivity contribution < 1.29 is 0 Å². The first-order chi connectivity index (χ1) is 8.15. The van der Waals surface area contributed by atoms with E-state index in [0.29, 0.717) is 17.5 Å². The minimum Gasteiger partial charge on any atom is -0.354 e. The van der Waals surface area contributed by atoms with Gasteiger partial charge in [0.15, 0.2) is 11.5 Å². The molecule has 1 aliphatic rings. The topological polar surface area (TPSA) is 57.7 Å².